The summed E-state index contributed by atoms with van der Waals surface area (Å²) < 4.78 is 5.90. The normalized spacial score (nSPS) is 30.9. The van der Waals surface area contributed by atoms with E-state index in [0.717, 1.165) is 31.4 Å². The molecule has 0 bridgehead atoms. The van der Waals surface area contributed by atoms with Crippen molar-refractivity contribution in [3.05, 3.63) is 34.9 Å². The molecule has 178 valence electrons. The van der Waals surface area contributed by atoms with Gasteiger partial charge in [-0.05, 0) is 68.6 Å². The van der Waals surface area contributed by atoms with Gasteiger partial charge in [0, 0.05) is 37.2 Å². The van der Waals surface area contributed by atoms with Crippen LogP contribution in [0.25, 0.3) is 0 Å². The summed E-state index contributed by atoms with van der Waals surface area (Å²) >= 11 is 0. The van der Waals surface area contributed by atoms with E-state index in [1.165, 1.54) is 31.2 Å². The van der Waals surface area contributed by atoms with E-state index < -0.39 is 6.04 Å². The van der Waals surface area contributed by atoms with Gasteiger partial charge in [-0.1, -0.05) is 25.0 Å². The fourth-order valence-electron chi connectivity index (χ4n) is 6.17. The third-order valence-corrected chi connectivity index (χ3v) is 7.99. The van der Waals surface area contributed by atoms with Crippen LogP contribution in [0.4, 0.5) is 0 Å². The average Bonchev–Trinajstić information content (AvgIpc) is 3.44. The summed E-state index contributed by atoms with van der Waals surface area (Å²) in [5.41, 5.74) is 2.94. The van der Waals surface area contributed by atoms with Crippen molar-refractivity contribution in [1.29, 1.82) is 0 Å². The first-order valence-corrected chi connectivity index (χ1v) is 12.6. The zero-order valence-corrected chi connectivity index (χ0v) is 19.5. The standard InChI is InChI=1S/C26H35N3O4/c1-16(23-7-4-12-33-23)27-21-6-3-2-5-18(21)13-17-8-9-20-19(14-17)15-29(26(20)32)22-10-11-24(30)28-25(22)31/h8-9,14,16,18,21-23,27H,2-7,10-13,15H2,1H3,(H,28,30,31)/t16?,18-,21+,22?,23?/m1/s1. The van der Waals surface area contributed by atoms with Crippen LogP contribution in [0, 0.1) is 5.92 Å². The highest BCUT2D eigenvalue weighted by Gasteiger charge is 2.39. The van der Waals surface area contributed by atoms with Crippen LogP contribution in [0.15, 0.2) is 18.2 Å². The number of hydrogen-bond donors (Lipinski definition) is 2. The second kappa shape index (κ2) is 9.55. The van der Waals surface area contributed by atoms with Crippen LogP contribution >= 0.6 is 0 Å². The Kier molecular flexibility index (Phi) is 6.52. The van der Waals surface area contributed by atoms with Crippen molar-refractivity contribution in [2.75, 3.05) is 6.61 Å². The zero-order chi connectivity index (χ0) is 22.9. The molecular weight excluding hydrogens is 418 g/mol. The Morgan fingerprint density at radius 1 is 1.12 bits per heavy atom. The Morgan fingerprint density at radius 2 is 1.97 bits per heavy atom. The number of benzene rings is 1. The van der Waals surface area contributed by atoms with Gasteiger partial charge in [0.05, 0.1) is 6.10 Å². The Labute approximate surface area is 195 Å². The second-order valence-electron chi connectivity index (χ2n) is 10.3. The molecule has 7 heteroatoms. The number of carbonyl (C=O) groups excluding carboxylic acids is 3. The van der Waals surface area contributed by atoms with Gasteiger partial charge in [0.25, 0.3) is 5.91 Å². The molecule has 5 rings (SSSR count). The Morgan fingerprint density at radius 3 is 2.76 bits per heavy atom. The van der Waals surface area contributed by atoms with Crippen molar-refractivity contribution >= 4 is 17.7 Å². The number of rotatable bonds is 6. The lowest BCUT2D eigenvalue weighted by atomic mass is 9.80. The summed E-state index contributed by atoms with van der Waals surface area (Å²) in [5.74, 6) is -0.145. The topological polar surface area (TPSA) is 87.7 Å². The quantitative estimate of drug-likeness (QED) is 0.647. The van der Waals surface area contributed by atoms with Crippen molar-refractivity contribution in [3.8, 4) is 0 Å². The number of carbonyl (C=O) groups is 3. The molecule has 5 atom stereocenters. The minimum Gasteiger partial charge on any atom is -0.377 e. The monoisotopic (exact) mass is 453 g/mol. The number of ether oxygens (including phenoxy) is 1. The van der Waals surface area contributed by atoms with Crippen LogP contribution in [0.5, 0.6) is 0 Å². The molecule has 7 nitrogen and oxygen atoms in total. The molecule has 1 saturated carbocycles. The van der Waals surface area contributed by atoms with Gasteiger partial charge in [-0.2, -0.15) is 0 Å². The van der Waals surface area contributed by atoms with E-state index in [-0.39, 0.29) is 24.1 Å². The van der Waals surface area contributed by atoms with E-state index in [1.54, 1.807) is 4.90 Å². The molecule has 1 aliphatic carbocycles. The predicted molar refractivity (Wildman–Crippen MR) is 124 cm³/mol. The first kappa shape index (κ1) is 22.5. The number of hydrogen-bond acceptors (Lipinski definition) is 5. The van der Waals surface area contributed by atoms with E-state index >= 15 is 0 Å². The summed E-state index contributed by atoms with van der Waals surface area (Å²) in [4.78, 5) is 38.4. The van der Waals surface area contributed by atoms with Crippen molar-refractivity contribution in [3.63, 3.8) is 0 Å². The molecule has 3 unspecified atom stereocenters. The van der Waals surface area contributed by atoms with Gasteiger partial charge in [-0.15, -0.1) is 0 Å². The molecule has 0 radical (unpaired) electrons. The van der Waals surface area contributed by atoms with Gasteiger partial charge in [0.1, 0.15) is 6.04 Å². The highest BCUT2D eigenvalue weighted by Crippen LogP contribution is 2.32. The van der Waals surface area contributed by atoms with Crippen molar-refractivity contribution in [2.24, 2.45) is 5.92 Å². The van der Waals surface area contributed by atoms with Crippen molar-refractivity contribution in [1.82, 2.24) is 15.5 Å². The fourth-order valence-corrected chi connectivity index (χ4v) is 6.17. The Bertz CT molecular complexity index is 926. The van der Waals surface area contributed by atoms with E-state index in [1.807, 2.05) is 6.07 Å². The van der Waals surface area contributed by atoms with Crippen molar-refractivity contribution in [2.45, 2.75) is 95.5 Å². The number of nitrogens with one attached hydrogen (secondary N) is 2. The number of piperidine rings is 1. The molecular formula is C26H35N3O4. The molecule has 3 amide bonds. The molecule has 4 aliphatic rings. The maximum absolute atomic E-state index is 13.0. The van der Waals surface area contributed by atoms with Crippen LogP contribution in [0.3, 0.4) is 0 Å². The van der Waals surface area contributed by atoms with E-state index in [2.05, 4.69) is 29.7 Å². The largest absolute Gasteiger partial charge is 0.377 e. The summed E-state index contributed by atoms with van der Waals surface area (Å²) in [6.07, 6.45) is 9.27. The summed E-state index contributed by atoms with van der Waals surface area (Å²) in [6.45, 7) is 3.58. The number of fused-ring (bicyclic) bond motifs is 1. The van der Waals surface area contributed by atoms with Crippen LogP contribution in [0.1, 0.15) is 79.8 Å². The molecule has 3 heterocycles. The molecule has 3 fully saturated rings. The predicted octanol–water partition coefficient (Wildman–Crippen LogP) is 2.71. The Hall–Kier alpha value is -2.25. The second-order valence-corrected chi connectivity index (χ2v) is 10.3. The van der Waals surface area contributed by atoms with Crippen LogP contribution in [-0.2, 0) is 27.3 Å². The molecule has 33 heavy (non-hydrogen) atoms. The van der Waals surface area contributed by atoms with Crippen LogP contribution < -0.4 is 10.6 Å². The van der Waals surface area contributed by atoms with Crippen LogP contribution in [-0.4, -0.2) is 53.5 Å². The molecule has 0 aromatic heterocycles. The highest BCUT2D eigenvalue weighted by atomic mass is 16.5. The lowest BCUT2D eigenvalue weighted by molar-refractivity contribution is -0.136. The molecule has 1 aromatic rings. The minimum atomic E-state index is -0.558. The molecule has 3 aliphatic heterocycles. The number of amides is 3. The van der Waals surface area contributed by atoms with Gasteiger partial charge >= 0.3 is 0 Å². The minimum absolute atomic E-state index is 0.103. The number of nitrogens with zero attached hydrogens (tertiary/aromatic N) is 1. The van der Waals surface area contributed by atoms with Crippen molar-refractivity contribution < 1.29 is 19.1 Å². The lowest BCUT2D eigenvalue weighted by Crippen LogP contribution is -2.52. The highest BCUT2D eigenvalue weighted by molar-refractivity contribution is 6.05. The third-order valence-electron chi connectivity index (χ3n) is 7.99. The maximum atomic E-state index is 13.0. The SMILES string of the molecule is CC(N[C@H]1CCCC[C@@H]1Cc1ccc2c(c1)CN(C1CCC(=O)NC1=O)C2=O)C1CCCO1. The van der Waals surface area contributed by atoms with Gasteiger partial charge < -0.3 is 15.0 Å². The van der Waals surface area contributed by atoms with E-state index in [9.17, 15) is 14.4 Å². The first-order valence-electron chi connectivity index (χ1n) is 12.6. The lowest BCUT2D eigenvalue weighted by Gasteiger charge is -2.36. The summed E-state index contributed by atoms with van der Waals surface area (Å²) in [7, 11) is 0. The third kappa shape index (κ3) is 4.71. The average molecular weight is 454 g/mol. The zero-order valence-electron chi connectivity index (χ0n) is 19.5. The smallest absolute Gasteiger partial charge is 0.255 e. The van der Waals surface area contributed by atoms with Gasteiger partial charge in [0.15, 0.2) is 0 Å². The molecule has 2 saturated heterocycles. The molecule has 2 N–H and O–H groups in total. The summed E-state index contributed by atoms with van der Waals surface area (Å²) in [6, 6.07) is 6.48. The Balaban J connectivity index is 1.25. The maximum Gasteiger partial charge on any atom is 0.255 e. The fraction of sp³-hybridized carbons (Fsp3) is 0.654. The number of imide groups is 1. The molecule has 1 aromatic carbocycles. The first-order chi connectivity index (χ1) is 16.0. The molecule has 0 spiro atoms. The van der Waals surface area contributed by atoms with Gasteiger partial charge in [0.2, 0.25) is 11.8 Å². The van der Waals surface area contributed by atoms with Gasteiger partial charge in [-0.3, -0.25) is 19.7 Å². The summed E-state index contributed by atoms with van der Waals surface area (Å²) in [5, 5.41) is 6.26. The van der Waals surface area contributed by atoms with Gasteiger partial charge in [-0.25, -0.2) is 0 Å². The van der Waals surface area contributed by atoms with E-state index in [4.69, 9.17) is 4.74 Å². The van der Waals surface area contributed by atoms with E-state index in [0.29, 0.717) is 42.6 Å². The van der Waals surface area contributed by atoms with Crippen LogP contribution in [0.2, 0.25) is 0 Å².